The second kappa shape index (κ2) is 2.20. The van der Waals surface area contributed by atoms with E-state index in [9.17, 15) is 5.21 Å². The minimum absolute atomic E-state index is 0.451. The quantitative estimate of drug-likeness (QED) is 0.513. The van der Waals surface area contributed by atoms with Crippen molar-refractivity contribution in [2.45, 2.75) is 50.9 Å². The highest BCUT2D eigenvalue weighted by molar-refractivity contribution is 5.11. The van der Waals surface area contributed by atoms with E-state index in [-0.39, 0.29) is 0 Å². The first kappa shape index (κ1) is 9.92. The van der Waals surface area contributed by atoms with E-state index >= 15 is 0 Å². The van der Waals surface area contributed by atoms with Gasteiger partial charge in [-0.3, -0.25) is 0 Å². The molecule has 0 aromatic rings. The normalized spacial score (nSPS) is 32.2. The monoisotopic (exact) mass is 172 g/mol. The number of hydrogen-bond acceptors (Lipinski definition) is 3. The van der Waals surface area contributed by atoms with Crippen LogP contribution in [0.15, 0.2) is 0 Å². The molecule has 1 aliphatic heterocycles. The molecule has 0 saturated carbocycles. The SMILES string of the molecule is CC1(C)CC(N)(N)C(C)(C)N1[O]. The van der Waals surface area contributed by atoms with Crippen LogP contribution in [-0.4, -0.2) is 21.8 Å². The first-order chi connectivity index (χ1) is 5.11. The van der Waals surface area contributed by atoms with Crippen LogP contribution in [0.3, 0.4) is 0 Å². The molecule has 0 spiro atoms. The molecule has 1 rings (SSSR count). The maximum atomic E-state index is 11.7. The number of nitrogens with two attached hydrogens (primary N) is 2. The van der Waals surface area contributed by atoms with Crippen LogP contribution in [0.5, 0.6) is 0 Å². The largest absolute Gasteiger partial charge is 0.312 e. The van der Waals surface area contributed by atoms with E-state index in [1.54, 1.807) is 13.8 Å². The Morgan fingerprint density at radius 1 is 1.17 bits per heavy atom. The van der Waals surface area contributed by atoms with E-state index in [0.29, 0.717) is 6.42 Å². The Balaban J connectivity index is 3.05. The summed E-state index contributed by atoms with van der Waals surface area (Å²) in [5.74, 6) is 0. The molecule has 71 valence electrons. The molecule has 0 amide bonds. The van der Waals surface area contributed by atoms with Crippen LogP contribution in [0, 0.1) is 0 Å². The van der Waals surface area contributed by atoms with Crippen molar-refractivity contribution >= 4 is 0 Å². The lowest BCUT2D eigenvalue weighted by molar-refractivity contribution is -0.249. The zero-order valence-electron chi connectivity index (χ0n) is 8.22. The molecule has 1 heterocycles. The third kappa shape index (κ3) is 1.07. The molecule has 4 N–H and O–H groups in total. The molecular formula is C8H18N3O. The average Bonchev–Trinajstić information content (AvgIpc) is 1.90. The summed E-state index contributed by atoms with van der Waals surface area (Å²) in [7, 11) is 0. The fourth-order valence-electron chi connectivity index (χ4n) is 1.95. The summed E-state index contributed by atoms with van der Waals surface area (Å²) in [5.41, 5.74) is 9.69. The van der Waals surface area contributed by atoms with Crippen LogP contribution < -0.4 is 11.5 Å². The van der Waals surface area contributed by atoms with Gasteiger partial charge in [0.2, 0.25) is 0 Å². The van der Waals surface area contributed by atoms with E-state index in [4.69, 9.17) is 11.5 Å². The van der Waals surface area contributed by atoms with Crippen molar-refractivity contribution in [2.75, 3.05) is 0 Å². The molecule has 0 atom stereocenters. The Labute approximate surface area is 73.5 Å². The Hall–Kier alpha value is -0.160. The molecule has 0 bridgehead atoms. The van der Waals surface area contributed by atoms with E-state index in [1.807, 2.05) is 13.8 Å². The molecule has 0 aliphatic carbocycles. The van der Waals surface area contributed by atoms with Gasteiger partial charge in [0.1, 0.15) is 0 Å². The Bertz CT molecular complexity index is 198. The lowest BCUT2D eigenvalue weighted by Gasteiger charge is -2.36. The second-order valence-electron chi connectivity index (χ2n) is 4.88. The van der Waals surface area contributed by atoms with E-state index in [1.165, 1.54) is 0 Å². The minimum Gasteiger partial charge on any atom is -0.312 e. The van der Waals surface area contributed by atoms with Crippen LogP contribution in [0.2, 0.25) is 0 Å². The summed E-state index contributed by atoms with van der Waals surface area (Å²) in [6, 6.07) is 0. The summed E-state index contributed by atoms with van der Waals surface area (Å²) >= 11 is 0. The van der Waals surface area contributed by atoms with Gasteiger partial charge in [0.15, 0.2) is 0 Å². The van der Waals surface area contributed by atoms with E-state index in [0.717, 1.165) is 5.06 Å². The van der Waals surface area contributed by atoms with Crippen LogP contribution in [0.1, 0.15) is 34.1 Å². The third-order valence-corrected chi connectivity index (χ3v) is 2.92. The van der Waals surface area contributed by atoms with Crippen molar-refractivity contribution in [1.29, 1.82) is 0 Å². The molecule has 1 aliphatic rings. The zero-order valence-corrected chi connectivity index (χ0v) is 8.22. The second-order valence-corrected chi connectivity index (χ2v) is 4.88. The van der Waals surface area contributed by atoms with Crippen LogP contribution in [0.4, 0.5) is 0 Å². The maximum Gasteiger partial charge on any atom is 0.0863 e. The third-order valence-electron chi connectivity index (χ3n) is 2.92. The average molecular weight is 172 g/mol. The molecular weight excluding hydrogens is 154 g/mol. The standard InChI is InChI=1S/C8H18N3O/c1-6(2)5-8(9,10)7(3,4)11(6)12/h5,9-10H2,1-4H3. The summed E-state index contributed by atoms with van der Waals surface area (Å²) in [4.78, 5) is 0. The van der Waals surface area contributed by atoms with Gasteiger partial charge < -0.3 is 11.5 Å². The van der Waals surface area contributed by atoms with Crippen molar-refractivity contribution in [1.82, 2.24) is 5.06 Å². The zero-order chi connectivity index (χ0) is 9.78. The van der Waals surface area contributed by atoms with Crippen LogP contribution in [0.25, 0.3) is 0 Å². The fourth-order valence-corrected chi connectivity index (χ4v) is 1.95. The van der Waals surface area contributed by atoms with Gasteiger partial charge in [0.05, 0.1) is 11.2 Å². The van der Waals surface area contributed by atoms with Gasteiger partial charge in [0, 0.05) is 12.0 Å². The van der Waals surface area contributed by atoms with Gasteiger partial charge in [-0.15, -0.1) is 10.3 Å². The number of hydrogen-bond donors (Lipinski definition) is 2. The highest BCUT2D eigenvalue weighted by atomic mass is 16.5. The maximum absolute atomic E-state index is 11.7. The highest BCUT2D eigenvalue weighted by Crippen LogP contribution is 2.42. The fraction of sp³-hybridized carbons (Fsp3) is 1.00. The van der Waals surface area contributed by atoms with Gasteiger partial charge in [0.25, 0.3) is 0 Å². The topological polar surface area (TPSA) is 75.2 Å². The molecule has 0 unspecified atom stereocenters. The number of rotatable bonds is 0. The number of nitrogens with zero attached hydrogens (tertiary/aromatic N) is 1. The van der Waals surface area contributed by atoms with Crippen molar-refractivity contribution in [3.8, 4) is 0 Å². The predicted octanol–water partition coefficient (Wildman–Crippen LogP) is 0.209. The molecule has 4 nitrogen and oxygen atoms in total. The summed E-state index contributed by atoms with van der Waals surface area (Å²) in [6.45, 7) is 7.30. The van der Waals surface area contributed by atoms with Crippen LogP contribution in [-0.2, 0) is 5.21 Å². The van der Waals surface area contributed by atoms with Crippen LogP contribution >= 0.6 is 0 Å². The van der Waals surface area contributed by atoms with Gasteiger partial charge in [-0.25, -0.2) is 0 Å². The van der Waals surface area contributed by atoms with Gasteiger partial charge >= 0.3 is 0 Å². The Kier molecular flexibility index (Phi) is 1.82. The van der Waals surface area contributed by atoms with Crippen molar-refractivity contribution in [3.63, 3.8) is 0 Å². The predicted molar refractivity (Wildman–Crippen MR) is 46.4 cm³/mol. The number of hydroxylamine groups is 2. The van der Waals surface area contributed by atoms with Gasteiger partial charge in [-0.1, -0.05) is 0 Å². The lowest BCUT2D eigenvalue weighted by atomic mass is 9.89. The molecule has 0 aromatic heterocycles. The first-order valence-corrected chi connectivity index (χ1v) is 4.16. The summed E-state index contributed by atoms with van der Waals surface area (Å²) in [6.07, 6.45) is 0.524. The highest BCUT2D eigenvalue weighted by Gasteiger charge is 2.58. The molecule has 1 saturated heterocycles. The Morgan fingerprint density at radius 3 is 1.67 bits per heavy atom. The van der Waals surface area contributed by atoms with E-state index in [2.05, 4.69) is 0 Å². The van der Waals surface area contributed by atoms with E-state index < -0.39 is 16.7 Å². The van der Waals surface area contributed by atoms with Crippen molar-refractivity contribution in [3.05, 3.63) is 0 Å². The minimum atomic E-state index is -0.891. The van der Waals surface area contributed by atoms with Crippen molar-refractivity contribution in [2.24, 2.45) is 11.5 Å². The smallest absolute Gasteiger partial charge is 0.0863 e. The molecule has 0 aromatic carbocycles. The van der Waals surface area contributed by atoms with Gasteiger partial charge in [-0.2, -0.15) is 0 Å². The summed E-state index contributed by atoms with van der Waals surface area (Å²) < 4.78 is 0. The summed E-state index contributed by atoms with van der Waals surface area (Å²) in [5, 5.41) is 12.7. The molecule has 1 radical (unpaired) electrons. The molecule has 4 heteroatoms. The Morgan fingerprint density at radius 2 is 1.58 bits per heavy atom. The first-order valence-electron chi connectivity index (χ1n) is 4.16. The molecule has 12 heavy (non-hydrogen) atoms. The van der Waals surface area contributed by atoms with Crippen molar-refractivity contribution < 1.29 is 5.21 Å². The lowest BCUT2D eigenvalue weighted by Crippen LogP contribution is -2.64. The van der Waals surface area contributed by atoms with Gasteiger partial charge in [-0.05, 0) is 27.7 Å². The molecule has 1 fully saturated rings.